The van der Waals surface area contributed by atoms with E-state index in [4.69, 9.17) is 32.7 Å². The molecule has 0 bridgehead atoms. The first-order valence-corrected chi connectivity index (χ1v) is 18.6. The highest BCUT2D eigenvalue weighted by atomic mass is 35.5. The molecule has 1 spiro atoms. The molecule has 0 radical (unpaired) electrons. The summed E-state index contributed by atoms with van der Waals surface area (Å²) in [5.41, 5.74) is -2.71. The van der Waals surface area contributed by atoms with Crippen LogP contribution in [0.3, 0.4) is 0 Å². The summed E-state index contributed by atoms with van der Waals surface area (Å²) in [6.45, 7) is 7.55. The summed E-state index contributed by atoms with van der Waals surface area (Å²) in [7, 11) is 0. The number of likely N-dealkylation sites (tertiary alicyclic amines) is 1. The number of alkyl halides is 6. The Kier molecular flexibility index (Phi) is 11.2. The van der Waals surface area contributed by atoms with Crippen molar-refractivity contribution in [2.24, 2.45) is 5.41 Å². The number of ether oxygens (including phenoxy) is 2. The molecule has 292 valence electrons. The van der Waals surface area contributed by atoms with Crippen LogP contribution >= 0.6 is 23.2 Å². The molecular weight excluding hydrogens is 757 g/mol. The zero-order valence-corrected chi connectivity index (χ0v) is 31.7. The van der Waals surface area contributed by atoms with Gasteiger partial charge in [-0.1, -0.05) is 74.3 Å². The first-order valence-electron chi connectivity index (χ1n) is 17.9. The predicted molar refractivity (Wildman–Crippen MR) is 193 cm³/mol. The Bertz CT molecular complexity index is 1850. The molecule has 3 aromatic rings. The Hall–Kier alpha value is -3.32. The van der Waals surface area contributed by atoms with Crippen LogP contribution < -0.4 is 0 Å². The molecule has 0 unspecified atom stereocenters. The van der Waals surface area contributed by atoms with Gasteiger partial charge in [-0.25, -0.2) is 0 Å². The largest absolute Gasteiger partial charge is 0.461 e. The summed E-state index contributed by atoms with van der Waals surface area (Å²) in [4.78, 5) is 30.3. The highest BCUT2D eigenvalue weighted by molar-refractivity contribution is 6.42. The van der Waals surface area contributed by atoms with Crippen LogP contribution in [0.1, 0.15) is 84.6 Å². The lowest BCUT2D eigenvalue weighted by Gasteiger charge is -2.46. The smallest absolute Gasteiger partial charge is 0.416 e. The second kappa shape index (κ2) is 15.0. The van der Waals surface area contributed by atoms with Gasteiger partial charge in [-0.05, 0) is 84.8 Å². The van der Waals surface area contributed by atoms with Crippen molar-refractivity contribution < 1.29 is 45.4 Å². The summed E-state index contributed by atoms with van der Waals surface area (Å²) in [5, 5.41) is 0.499. The molecule has 6 nitrogen and oxygen atoms in total. The van der Waals surface area contributed by atoms with Crippen LogP contribution in [-0.4, -0.2) is 67.1 Å². The van der Waals surface area contributed by atoms with Crippen LogP contribution in [0.25, 0.3) is 0 Å². The Morgan fingerprint density at radius 1 is 0.870 bits per heavy atom. The number of hydrogen-bond donors (Lipinski definition) is 0. The monoisotopic (exact) mass is 798 g/mol. The van der Waals surface area contributed by atoms with Gasteiger partial charge in [-0.2, -0.15) is 26.3 Å². The number of piperidine rings is 1. The van der Waals surface area contributed by atoms with Gasteiger partial charge in [-0.15, -0.1) is 0 Å². The minimum atomic E-state index is -5.10. The highest BCUT2D eigenvalue weighted by Gasteiger charge is 2.51. The normalized spacial score (nSPS) is 22.0. The zero-order valence-electron chi connectivity index (χ0n) is 30.2. The van der Waals surface area contributed by atoms with E-state index in [-0.39, 0.29) is 58.7 Å². The molecule has 0 N–H and O–H groups in total. The first kappa shape index (κ1) is 40.3. The lowest BCUT2D eigenvalue weighted by atomic mass is 9.72. The van der Waals surface area contributed by atoms with E-state index in [2.05, 4.69) is 17.0 Å². The second-order valence-electron chi connectivity index (χ2n) is 15.8. The van der Waals surface area contributed by atoms with Gasteiger partial charge in [0.15, 0.2) is 0 Å². The van der Waals surface area contributed by atoms with Crippen LogP contribution in [0.15, 0.2) is 60.7 Å². The van der Waals surface area contributed by atoms with Gasteiger partial charge in [0.1, 0.15) is 11.7 Å². The van der Waals surface area contributed by atoms with Crippen LogP contribution in [-0.2, 0) is 44.1 Å². The summed E-state index contributed by atoms with van der Waals surface area (Å²) < 4.78 is 94.7. The molecular formula is C40H42Cl2F6N2O4. The quantitative estimate of drug-likeness (QED) is 0.176. The van der Waals surface area contributed by atoms with Crippen molar-refractivity contribution in [3.63, 3.8) is 0 Å². The zero-order chi connectivity index (χ0) is 39.3. The molecule has 54 heavy (non-hydrogen) atoms. The average Bonchev–Trinajstić information content (AvgIpc) is 3.38. The predicted octanol–water partition coefficient (Wildman–Crippen LogP) is 9.73. The Labute approximate surface area is 320 Å². The minimum absolute atomic E-state index is 0.00111. The molecule has 1 aliphatic carbocycles. The number of amides is 1. The molecule has 14 heteroatoms. The van der Waals surface area contributed by atoms with Crippen LogP contribution in [0.2, 0.25) is 10.0 Å². The maximum atomic E-state index is 13.8. The third kappa shape index (κ3) is 8.56. The Balaban J connectivity index is 1.23. The van der Waals surface area contributed by atoms with Gasteiger partial charge in [-0.3, -0.25) is 9.59 Å². The van der Waals surface area contributed by atoms with Crippen molar-refractivity contribution in [1.82, 2.24) is 9.80 Å². The van der Waals surface area contributed by atoms with E-state index < -0.39 is 40.6 Å². The molecule has 3 aromatic carbocycles. The number of morpholine rings is 1. The van der Waals surface area contributed by atoms with E-state index in [1.165, 1.54) is 16.0 Å². The molecule has 2 fully saturated rings. The van der Waals surface area contributed by atoms with E-state index in [1.807, 2.05) is 32.9 Å². The summed E-state index contributed by atoms with van der Waals surface area (Å²) in [6, 6.07) is 14.0. The SMILES string of the molecule is CC(C)(C)CC(=O)O[C@H]1Cc2ccccc2C12CCN(CC[C@@]1(c3ccc(Cl)c(Cl)c3)CN(C(=O)c3cc(C(F)(F)F)cc(C(F)(F)F)c3)CCO1)CC2. The van der Waals surface area contributed by atoms with Crippen molar-refractivity contribution in [3.8, 4) is 0 Å². The van der Waals surface area contributed by atoms with Crippen molar-refractivity contribution in [3.05, 3.63) is 104 Å². The van der Waals surface area contributed by atoms with Crippen molar-refractivity contribution >= 4 is 35.1 Å². The van der Waals surface area contributed by atoms with E-state index in [0.717, 1.165) is 12.8 Å². The first-order chi connectivity index (χ1) is 25.2. The molecule has 0 aromatic heterocycles. The van der Waals surface area contributed by atoms with Gasteiger partial charge in [0.05, 0.1) is 40.7 Å². The van der Waals surface area contributed by atoms with Crippen LogP contribution in [0.5, 0.6) is 0 Å². The minimum Gasteiger partial charge on any atom is -0.461 e. The standard InChI is InChI=1S/C40H42Cl2F6N2O4/c1-36(2,3)23-34(51)54-33-20-25-6-4-5-7-30(25)37(33)10-13-49(14-11-37)15-12-38(27-8-9-31(41)32(42)22-27)24-50(16-17-53-38)35(52)26-18-28(39(43,44)45)21-29(19-26)40(46,47)48/h4-9,18-19,21-22,33H,10-17,20,23-24H2,1-3H3/t33-,38-/m0/s1. The van der Waals surface area contributed by atoms with E-state index >= 15 is 0 Å². The Morgan fingerprint density at radius 3 is 2.13 bits per heavy atom. The fourth-order valence-corrected chi connectivity index (χ4v) is 8.41. The summed E-state index contributed by atoms with van der Waals surface area (Å²) in [6.07, 6.45) is -7.81. The number of esters is 1. The lowest BCUT2D eigenvalue weighted by Crippen LogP contribution is -2.54. The number of rotatable bonds is 7. The Morgan fingerprint density at radius 2 is 1.52 bits per heavy atom. The van der Waals surface area contributed by atoms with E-state index in [0.29, 0.717) is 56.6 Å². The molecule has 2 atom stereocenters. The van der Waals surface area contributed by atoms with Crippen LogP contribution in [0.4, 0.5) is 26.3 Å². The van der Waals surface area contributed by atoms with Gasteiger partial charge < -0.3 is 19.3 Å². The topological polar surface area (TPSA) is 59.1 Å². The van der Waals surface area contributed by atoms with Crippen molar-refractivity contribution in [2.45, 2.75) is 82.3 Å². The molecule has 2 aliphatic heterocycles. The number of halogens is 8. The average molecular weight is 800 g/mol. The molecule has 6 rings (SSSR count). The van der Waals surface area contributed by atoms with Gasteiger partial charge in [0, 0.05) is 30.5 Å². The highest BCUT2D eigenvalue weighted by Crippen LogP contribution is 2.48. The number of nitrogens with zero attached hydrogens (tertiary/aromatic N) is 2. The number of benzene rings is 3. The third-order valence-electron chi connectivity index (χ3n) is 10.9. The van der Waals surface area contributed by atoms with Gasteiger partial charge >= 0.3 is 18.3 Å². The van der Waals surface area contributed by atoms with Crippen LogP contribution in [0, 0.1) is 5.41 Å². The van der Waals surface area contributed by atoms with E-state index in [9.17, 15) is 35.9 Å². The molecule has 1 amide bonds. The fourth-order valence-electron chi connectivity index (χ4n) is 8.11. The lowest BCUT2D eigenvalue weighted by molar-refractivity contribution is -0.156. The third-order valence-corrected chi connectivity index (χ3v) is 11.6. The molecule has 2 heterocycles. The second-order valence-corrected chi connectivity index (χ2v) is 16.6. The van der Waals surface area contributed by atoms with Crippen molar-refractivity contribution in [1.29, 1.82) is 0 Å². The number of carbonyl (C=O) groups is 2. The molecule has 2 saturated heterocycles. The van der Waals surface area contributed by atoms with Crippen molar-refractivity contribution in [2.75, 3.05) is 39.3 Å². The summed E-state index contributed by atoms with van der Waals surface area (Å²) >= 11 is 12.7. The number of fused-ring (bicyclic) bond motifs is 2. The summed E-state index contributed by atoms with van der Waals surface area (Å²) in [5.74, 6) is -1.20. The fraction of sp³-hybridized carbons (Fsp3) is 0.500. The maximum Gasteiger partial charge on any atom is 0.416 e. The van der Waals surface area contributed by atoms with Gasteiger partial charge in [0.2, 0.25) is 0 Å². The number of hydrogen-bond acceptors (Lipinski definition) is 5. The van der Waals surface area contributed by atoms with E-state index in [1.54, 1.807) is 18.2 Å². The molecule has 3 aliphatic rings. The maximum absolute atomic E-state index is 13.8. The molecule has 0 saturated carbocycles. The van der Waals surface area contributed by atoms with Gasteiger partial charge in [0.25, 0.3) is 5.91 Å². The number of carbonyl (C=O) groups excluding carboxylic acids is 2.